The van der Waals surface area contributed by atoms with Crippen LogP contribution >= 0.6 is 0 Å². The van der Waals surface area contributed by atoms with E-state index in [9.17, 15) is 17.6 Å². The van der Waals surface area contributed by atoms with Crippen LogP contribution in [0.4, 0.5) is 63.1 Å². The predicted octanol–water partition coefficient (Wildman–Crippen LogP) is 9.96. The second-order valence-electron chi connectivity index (χ2n) is 10.8. The fraction of sp³-hybridized carbons (Fsp3) is 0. The lowest BCUT2D eigenvalue weighted by Crippen LogP contribution is -2.76. The van der Waals surface area contributed by atoms with Crippen LogP contribution in [0.3, 0.4) is 0 Å². The molecule has 2 aliphatic heterocycles. The van der Waals surface area contributed by atoms with E-state index in [4.69, 9.17) is 0 Å². The van der Waals surface area contributed by atoms with Gasteiger partial charge in [0.25, 0.3) is 0 Å². The summed E-state index contributed by atoms with van der Waals surface area (Å²) in [6.07, 6.45) is 0. The maximum Gasteiger partial charge on any atom is 0.521 e. The van der Waals surface area contributed by atoms with E-state index < -0.39 is 8.72 Å². The summed E-state index contributed by atoms with van der Waals surface area (Å²) in [6.45, 7) is 0. The Labute approximate surface area is 258 Å². The Morgan fingerprint density at radius 1 is 0.289 bits per heavy atom. The molecule has 0 aromatic heterocycles. The first-order valence-electron chi connectivity index (χ1n) is 14.4. The molecular weight excluding hydrogens is 593 g/mol. The summed E-state index contributed by atoms with van der Waals surface area (Å²) in [5, 5.41) is 0. The first-order valence-corrected chi connectivity index (χ1v) is 16.2. The molecule has 2 aliphatic rings. The molecule has 4 nitrogen and oxygen atoms in total. The largest absolute Gasteiger partial charge is 0.521 e. The van der Waals surface area contributed by atoms with E-state index in [0.29, 0.717) is 22.7 Å². The molecule has 0 aliphatic carbocycles. The third-order valence-corrected chi connectivity index (χ3v) is 12.7. The number of rotatable bonds is 4. The van der Waals surface area contributed by atoms with Crippen molar-refractivity contribution in [3.8, 4) is 0 Å². The monoisotopic (exact) mass is 616 g/mol. The molecule has 1 spiro atoms. The lowest BCUT2D eigenvalue weighted by Gasteiger charge is -2.49. The van der Waals surface area contributed by atoms with E-state index in [-0.39, 0.29) is 23.3 Å². The summed E-state index contributed by atoms with van der Waals surface area (Å²) in [7, 11) is -3.79. The zero-order valence-corrected chi connectivity index (χ0v) is 24.7. The van der Waals surface area contributed by atoms with Crippen molar-refractivity contribution in [3.63, 3.8) is 0 Å². The average molecular weight is 617 g/mol. The highest BCUT2D eigenvalue weighted by atomic mass is 28.4. The van der Waals surface area contributed by atoms with Crippen molar-refractivity contribution >= 4 is 54.2 Å². The summed E-state index contributed by atoms with van der Waals surface area (Å²) in [5.41, 5.74) is 6.22. The molecule has 9 heteroatoms. The maximum atomic E-state index is 14.4. The Balaban J connectivity index is 1.55. The molecule has 0 unspecified atom stereocenters. The summed E-state index contributed by atoms with van der Waals surface area (Å²) < 4.78 is 66.7. The van der Waals surface area contributed by atoms with Crippen LogP contribution in [-0.2, 0) is 0 Å². The van der Waals surface area contributed by atoms with E-state index in [0.717, 1.165) is 22.7 Å². The van der Waals surface area contributed by atoms with Crippen molar-refractivity contribution in [2.45, 2.75) is 0 Å². The van der Waals surface area contributed by atoms with Crippen molar-refractivity contribution in [1.82, 2.24) is 0 Å². The fourth-order valence-electron chi connectivity index (χ4n) is 6.54. The van der Waals surface area contributed by atoms with Gasteiger partial charge >= 0.3 is 8.72 Å². The van der Waals surface area contributed by atoms with Crippen molar-refractivity contribution < 1.29 is 17.6 Å². The Hall–Kier alpha value is -5.54. The minimum atomic E-state index is -3.79. The minimum Gasteiger partial charge on any atom is -0.314 e. The summed E-state index contributed by atoms with van der Waals surface area (Å²) >= 11 is 0. The topological polar surface area (TPSA) is 13.0 Å². The van der Waals surface area contributed by atoms with Gasteiger partial charge in [-0.25, -0.2) is 17.6 Å². The Kier molecular flexibility index (Phi) is 6.17. The van der Waals surface area contributed by atoms with E-state index >= 15 is 0 Å². The van der Waals surface area contributed by atoms with Crippen molar-refractivity contribution in [1.29, 1.82) is 0 Å². The van der Waals surface area contributed by atoms with Crippen LogP contribution in [0.1, 0.15) is 0 Å². The third kappa shape index (κ3) is 4.04. The second-order valence-corrected chi connectivity index (χ2v) is 13.8. The van der Waals surface area contributed by atoms with Gasteiger partial charge in [0.05, 0.1) is 22.7 Å². The lowest BCUT2D eigenvalue weighted by atomic mass is 10.2. The number of anilines is 8. The highest BCUT2D eigenvalue weighted by Crippen LogP contribution is 2.61. The lowest BCUT2D eigenvalue weighted by molar-refractivity contribution is 0.627. The molecule has 0 saturated carbocycles. The SMILES string of the molecule is Fc1ccc(N2c3ccccc3N(c3ccc(F)cc3)[Si]23N(c2ccc(F)cc2)c2ccccc2N3c2ccc(F)cc2)cc1. The smallest absolute Gasteiger partial charge is 0.314 e. The Bertz CT molecular complexity index is 1720. The number of hydrogen-bond acceptors (Lipinski definition) is 4. The fourth-order valence-corrected chi connectivity index (χ4v) is 11.8. The molecule has 0 bridgehead atoms. The molecule has 220 valence electrons. The van der Waals surface area contributed by atoms with Gasteiger partial charge in [-0.3, -0.25) is 0 Å². The van der Waals surface area contributed by atoms with Gasteiger partial charge in [0.2, 0.25) is 0 Å². The number of nitrogens with zero attached hydrogens (tertiary/aromatic N) is 4. The minimum absolute atomic E-state index is 0.377. The summed E-state index contributed by atoms with van der Waals surface area (Å²) in [5.74, 6) is -1.51. The number of hydrogen-bond donors (Lipinski definition) is 0. The van der Waals surface area contributed by atoms with Gasteiger partial charge in [-0.2, -0.15) is 0 Å². The molecule has 0 amide bonds. The van der Waals surface area contributed by atoms with E-state index in [1.807, 2.05) is 48.5 Å². The van der Waals surface area contributed by atoms with Gasteiger partial charge in [-0.1, -0.05) is 24.3 Å². The van der Waals surface area contributed by atoms with Gasteiger partial charge in [0.1, 0.15) is 23.3 Å². The van der Waals surface area contributed by atoms with Crippen LogP contribution in [0, 0.1) is 23.3 Å². The molecule has 0 fully saturated rings. The molecule has 8 rings (SSSR count). The van der Waals surface area contributed by atoms with E-state index in [1.54, 1.807) is 48.5 Å². The van der Waals surface area contributed by atoms with Crippen LogP contribution in [0.5, 0.6) is 0 Å². The van der Waals surface area contributed by atoms with Gasteiger partial charge in [0.15, 0.2) is 0 Å². The number of fused-ring (bicyclic) bond motifs is 2. The van der Waals surface area contributed by atoms with Gasteiger partial charge in [-0.15, -0.1) is 0 Å². The standard InChI is InChI=1S/C36H24F4N4Si/c37-25-9-17-29(18-10-25)41-33-5-1-2-6-34(33)42(30-19-11-26(38)12-20-30)45(41)43(31-21-13-27(39)14-22-31)35-7-3-4-8-36(35)44(45)32-23-15-28(40)16-24-32/h1-24H. The van der Waals surface area contributed by atoms with E-state index in [1.165, 1.54) is 48.5 Å². The first-order chi connectivity index (χ1) is 22.0. The zero-order valence-electron chi connectivity index (χ0n) is 23.7. The molecule has 2 heterocycles. The van der Waals surface area contributed by atoms with Crippen LogP contribution in [0.2, 0.25) is 0 Å². The average Bonchev–Trinajstić information content (AvgIpc) is 3.52. The van der Waals surface area contributed by atoms with E-state index in [2.05, 4.69) is 18.3 Å². The number of halogens is 4. The highest BCUT2D eigenvalue weighted by Gasteiger charge is 2.69. The maximum absolute atomic E-state index is 14.4. The molecule has 6 aromatic carbocycles. The molecule has 0 saturated heterocycles. The molecule has 45 heavy (non-hydrogen) atoms. The first kappa shape index (κ1) is 27.0. The molecule has 0 radical (unpaired) electrons. The molecule has 0 N–H and O–H groups in total. The van der Waals surface area contributed by atoms with Crippen LogP contribution in [-0.4, -0.2) is 8.72 Å². The number of para-hydroxylation sites is 4. The molecule has 6 aromatic rings. The number of benzene rings is 6. The summed E-state index contributed by atoms with van der Waals surface area (Å²) in [4.78, 5) is 0. The highest BCUT2D eigenvalue weighted by molar-refractivity contribution is 6.99. The van der Waals surface area contributed by atoms with Crippen LogP contribution in [0.25, 0.3) is 0 Å². The molecule has 0 atom stereocenters. The molecular formula is C36H24F4N4Si. The van der Waals surface area contributed by atoms with Crippen LogP contribution in [0.15, 0.2) is 146 Å². The Morgan fingerprint density at radius 3 is 0.689 bits per heavy atom. The predicted molar refractivity (Wildman–Crippen MR) is 173 cm³/mol. The zero-order chi connectivity index (χ0) is 30.7. The second kappa shape index (κ2) is 10.3. The quantitative estimate of drug-likeness (QED) is 0.144. The van der Waals surface area contributed by atoms with Crippen LogP contribution < -0.4 is 18.3 Å². The normalized spacial score (nSPS) is 14.7. The van der Waals surface area contributed by atoms with Crippen molar-refractivity contribution in [2.24, 2.45) is 0 Å². The van der Waals surface area contributed by atoms with Gasteiger partial charge in [-0.05, 0) is 121 Å². The van der Waals surface area contributed by atoms with Gasteiger partial charge < -0.3 is 18.3 Å². The third-order valence-electron chi connectivity index (χ3n) is 8.27. The van der Waals surface area contributed by atoms with Gasteiger partial charge in [0, 0.05) is 22.7 Å². The van der Waals surface area contributed by atoms with Crippen molar-refractivity contribution in [3.05, 3.63) is 169 Å². The Morgan fingerprint density at radius 2 is 0.489 bits per heavy atom. The van der Waals surface area contributed by atoms with Crippen molar-refractivity contribution in [2.75, 3.05) is 18.3 Å². The summed E-state index contributed by atoms with van der Waals surface area (Å²) in [6, 6.07) is 41.1.